The van der Waals surface area contributed by atoms with E-state index in [2.05, 4.69) is 10.3 Å². The van der Waals surface area contributed by atoms with E-state index in [1.165, 1.54) is 22.1 Å². The number of hydrogen-bond donors (Lipinski definition) is 1. The zero-order valence-corrected chi connectivity index (χ0v) is 15.5. The Morgan fingerprint density at radius 1 is 1.27 bits per heavy atom. The number of oxime groups is 1. The molecule has 10 heteroatoms. The summed E-state index contributed by atoms with van der Waals surface area (Å²) in [5.74, 6) is -0.206. The van der Waals surface area contributed by atoms with Crippen LogP contribution in [0.4, 0.5) is 0 Å². The van der Waals surface area contributed by atoms with E-state index in [0.29, 0.717) is 20.7 Å². The predicted molar refractivity (Wildman–Crippen MR) is 99.8 cm³/mol. The molecule has 0 bridgehead atoms. The molecule has 2 N–H and O–H groups in total. The van der Waals surface area contributed by atoms with Crippen molar-refractivity contribution in [3.8, 4) is 5.75 Å². The summed E-state index contributed by atoms with van der Waals surface area (Å²) in [6.45, 7) is 0.0357. The number of ether oxygens (including phenoxy) is 1. The minimum atomic E-state index is -0.732. The molecular formula is C16H12Cl2N4O3S. The van der Waals surface area contributed by atoms with Crippen molar-refractivity contribution >= 4 is 46.3 Å². The Bertz CT molecular complexity index is 941. The Hall–Kier alpha value is -2.55. The van der Waals surface area contributed by atoms with Crippen molar-refractivity contribution < 1.29 is 14.4 Å². The number of thiophene rings is 1. The van der Waals surface area contributed by atoms with Crippen LogP contribution in [0.25, 0.3) is 0 Å². The van der Waals surface area contributed by atoms with E-state index in [1.807, 2.05) is 11.4 Å². The third kappa shape index (κ3) is 4.34. The summed E-state index contributed by atoms with van der Waals surface area (Å²) in [6.07, 6.45) is 1.56. The molecule has 2 heterocycles. The number of halogens is 2. The maximum Gasteiger partial charge on any atom is 0.385 e. The Morgan fingerprint density at radius 2 is 2.12 bits per heavy atom. The first-order valence-electron chi connectivity index (χ1n) is 7.23. The van der Waals surface area contributed by atoms with Gasteiger partial charge in [0.2, 0.25) is 0 Å². The molecule has 0 saturated carbocycles. The highest BCUT2D eigenvalue weighted by Gasteiger charge is 2.13. The molecule has 1 aromatic carbocycles. The number of rotatable bonds is 6. The molecule has 3 aromatic rings. The van der Waals surface area contributed by atoms with E-state index in [9.17, 15) is 4.79 Å². The second kappa shape index (κ2) is 8.22. The van der Waals surface area contributed by atoms with Gasteiger partial charge in [-0.25, -0.2) is 9.48 Å². The van der Waals surface area contributed by atoms with E-state index in [-0.39, 0.29) is 18.3 Å². The lowest BCUT2D eigenvalue weighted by molar-refractivity contribution is 0.0507. The van der Waals surface area contributed by atoms with Gasteiger partial charge in [0.25, 0.3) is 0 Å². The van der Waals surface area contributed by atoms with Gasteiger partial charge in [-0.15, -0.1) is 11.3 Å². The summed E-state index contributed by atoms with van der Waals surface area (Å²) in [4.78, 5) is 17.5. The molecule has 3 rings (SSSR count). The van der Waals surface area contributed by atoms with Crippen LogP contribution in [0.15, 0.2) is 53.1 Å². The summed E-state index contributed by atoms with van der Waals surface area (Å²) >= 11 is 13.3. The minimum absolute atomic E-state index is 0.0357. The largest absolute Gasteiger partial charge is 0.470 e. The Balaban J connectivity index is 1.59. The van der Waals surface area contributed by atoms with Gasteiger partial charge in [0.1, 0.15) is 10.8 Å². The van der Waals surface area contributed by atoms with Gasteiger partial charge < -0.3 is 15.3 Å². The molecule has 2 aromatic heterocycles. The topological polar surface area (TPSA) is 91.7 Å². The molecule has 0 aliphatic carbocycles. The molecule has 0 radical (unpaired) electrons. The minimum Gasteiger partial charge on any atom is -0.470 e. The number of hydrogen-bond acceptors (Lipinski definition) is 6. The number of amidine groups is 1. The second-order valence-electron chi connectivity index (χ2n) is 4.90. The number of benzene rings is 1. The van der Waals surface area contributed by atoms with Gasteiger partial charge in [-0.2, -0.15) is 5.10 Å². The average molecular weight is 411 g/mol. The van der Waals surface area contributed by atoms with Crippen molar-refractivity contribution in [2.24, 2.45) is 10.9 Å². The lowest BCUT2D eigenvalue weighted by Gasteiger charge is -2.08. The first-order chi connectivity index (χ1) is 12.5. The highest BCUT2D eigenvalue weighted by Crippen LogP contribution is 2.31. The molecule has 7 nitrogen and oxygen atoms in total. The van der Waals surface area contributed by atoms with E-state index in [4.69, 9.17) is 38.5 Å². The summed E-state index contributed by atoms with van der Waals surface area (Å²) in [5.41, 5.74) is 5.79. The summed E-state index contributed by atoms with van der Waals surface area (Å²) < 4.78 is 6.93. The number of nitrogens with two attached hydrogens (primary N) is 1. The molecule has 0 saturated heterocycles. The molecule has 0 aliphatic rings. The third-order valence-electron chi connectivity index (χ3n) is 3.12. The van der Waals surface area contributed by atoms with E-state index >= 15 is 0 Å². The van der Waals surface area contributed by atoms with Crippen molar-refractivity contribution in [2.75, 3.05) is 0 Å². The fourth-order valence-corrected chi connectivity index (χ4v) is 2.85. The van der Waals surface area contributed by atoms with Crippen molar-refractivity contribution in [2.45, 2.75) is 6.73 Å². The van der Waals surface area contributed by atoms with Crippen LogP contribution in [-0.2, 0) is 11.6 Å². The lowest BCUT2D eigenvalue weighted by Crippen LogP contribution is -2.14. The van der Waals surface area contributed by atoms with Crippen LogP contribution in [0.2, 0.25) is 10.0 Å². The smallest absolute Gasteiger partial charge is 0.385 e. The molecule has 0 fully saturated rings. The molecule has 0 spiro atoms. The number of aromatic nitrogens is 2. The molecule has 134 valence electrons. The van der Waals surface area contributed by atoms with Crippen molar-refractivity contribution in [3.05, 3.63) is 68.6 Å². The first kappa shape index (κ1) is 18.2. The van der Waals surface area contributed by atoms with Gasteiger partial charge in [-0.05, 0) is 29.6 Å². The van der Waals surface area contributed by atoms with Gasteiger partial charge in [-0.1, -0.05) is 40.5 Å². The fraction of sp³-hybridized carbons (Fsp3) is 0.0625. The van der Waals surface area contributed by atoms with E-state index in [0.717, 1.165) is 0 Å². The van der Waals surface area contributed by atoms with Gasteiger partial charge >= 0.3 is 5.97 Å². The van der Waals surface area contributed by atoms with Gasteiger partial charge in [0, 0.05) is 6.20 Å². The molecular weight excluding hydrogens is 399 g/mol. The summed E-state index contributed by atoms with van der Waals surface area (Å²) in [5, 5.41) is 10.2. The molecule has 0 amide bonds. The second-order valence-corrected chi connectivity index (χ2v) is 6.63. The van der Waals surface area contributed by atoms with E-state index < -0.39 is 5.97 Å². The number of carbonyl (C=O) groups excluding carboxylic acids is 1. The van der Waals surface area contributed by atoms with Crippen LogP contribution in [0.1, 0.15) is 15.4 Å². The van der Waals surface area contributed by atoms with Gasteiger partial charge in [0.05, 0.1) is 9.90 Å². The molecule has 0 atom stereocenters. The van der Waals surface area contributed by atoms with Gasteiger partial charge in [-0.3, -0.25) is 0 Å². The van der Waals surface area contributed by atoms with Crippen LogP contribution < -0.4 is 10.5 Å². The third-order valence-corrected chi connectivity index (χ3v) is 4.81. The fourth-order valence-electron chi connectivity index (χ4n) is 1.88. The number of nitrogens with zero attached hydrogens (tertiary/aromatic N) is 3. The van der Waals surface area contributed by atoms with Crippen molar-refractivity contribution in [1.29, 1.82) is 0 Å². The van der Waals surface area contributed by atoms with Crippen LogP contribution >= 0.6 is 34.5 Å². The monoisotopic (exact) mass is 410 g/mol. The zero-order chi connectivity index (χ0) is 18.5. The quantitative estimate of drug-likeness (QED) is 0.289. The Kier molecular flexibility index (Phi) is 5.77. The lowest BCUT2D eigenvalue weighted by atomic mass is 10.3. The summed E-state index contributed by atoms with van der Waals surface area (Å²) in [7, 11) is 0. The maximum absolute atomic E-state index is 12.0. The molecule has 0 unspecified atom stereocenters. The van der Waals surface area contributed by atoms with E-state index in [1.54, 1.807) is 30.5 Å². The Labute approximate surface area is 162 Å². The number of carbonyl (C=O) groups is 1. The summed E-state index contributed by atoms with van der Waals surface area (Å²) in [6, 6.07) is 10.1. The zero-order valence-electron chi connectivity index (χ0n) is 13.1. The van der Waals surface area contributed by atoms with Crippen LogP contribution in [0.5, 0.6) is 5.75 Å². The average Bonchev–Trinajstić information content (AvgIpc) is 3.32. The normalized spacial score (nSPS) is 11.4. The molecule has 26 heavy (non-hydrogen) atoms. The van der Waals surface area contributed by atoms with Crippen LogP contribution in [0.3, 0.4) is 0 Å². The van der Waals surface area contributed by atoms with Crippen molar-refractivity contribution in [1.82, 2.24) is 9.78 Å². The Morgan fingerprint density at radius 3 is 2.88 bits per heavy atom. The van der Waals surface area contributed by atoms with Crippen LogP contribution in [-0.4, -0.2) is 21.6 Å². The SMILES string of the molecule is N/C(=N\OC(=O)c1ccn(COc2cccc(Cl)c2Cl)n1)c1cccs1. The van der Waals surface area contributed by atoms with Crippen LogP contribution in [0, 0.1) is 0 Å². The first-order valence-corrected chi connectivity index (χ1v) is 8.87. The predicted octanol–water partition coefficient (Wildman–Crippen LogP) is 3.77. The maximum atomic E-state index is 12.0. The standard InChI is InChI=1S/C16H12Cl2N4O3S/c17-10-3-1-4-12(14(10)18)24-9-22-7-6-11(20-22)16(23)25-21-15(19)13-5-2-8-26-13/h1-8H,9H2,(H2,19,21). The highest BCUT2D eigenvalue weighted by atomic mass is 35.5. The highest BCUT2D eigenvalue weighted by molar-refractivity contribution is 7.12. The molecule has 0 aliphatic heterocycles. The van der Waals surface area contributed by atoms with Crippen molar-refractivity contribution in [3.63, 3.8) is 0 Å². The van der Waals surface area contributed by atoms with Gasteiger partial charge in [0.15, 0.2) is 18.3 Å².